The van der Waals surface area contributed by atoms with Crippen LogP contribution in [-0.2, 0) is 9.59 Å². The minimum absolute atomic E-state index is 0.00271. The number of nitrogens with zero attached hydrogens (tertiary/aromatic N) is 2. The Morgan fingerprint density at radius 2 is 1.87 bits per heavy atom. The second-order valence-corrected chi connectivity index (χ2v) is 6.16. The molecule has 2 saturated heterocycles. The molecule has 2 fully saturated rings. The third kappa shape index (κ3) is 4.30. The van der Waals surface area contributed by atoms with Crippen molar-refractivity contribution < 1.29 is 9.59 Å². The number of hydrogen-bond acceptors (Lipinski definition) is 4. The van der Waals surface area contributed by atoms with Gasteiger partial charge in [-0.15, -0.1) is 0 Å². The maximum Gasteiger partial charge on any atom is 0.239 e. The van der Waals surface area contributed by atoms with Gasteiger partial charge in [0, 0.05) is 31.9 Å². The molecule has 124 valence electrons. The van der Waals surface area contributed by atoms with Crippen LogP contribution in [0.2, 0.25) is 0 Å². The second-order valence-electron chi connectivity index (χ2n) is 6.16. The van der Waals surface area contributed by atoms with E-state index in [1.165, 1.54) is 0 Å². The molecule has 3 rings (SSSR count). The van der Waals surface area contributed by atoms with Crippen molar-refractivity contribution in [3.8, 4) is 0 Å². The van der Waals surface area contributed by atoms with E-state index in [9.17, 15) is 9.59 Å². The number of piperazine rings is 1. The molecule has 6 nitrogen and oxygen atoms in total. The Kier molecular flexibility index (Phi) is 5.25. The summed E-state index contributed by atoms with van der Waals surface area (Å²) in [4.78, 5) is 28.4. The highest BCUT2D eigenvalue weighted by Gasteiger charge is 2.29. The maximum absolute atomic E-state index is 12.3. The van der Waals surface area contributed by atoms with Crippen LogP contribution in [0.3, 0.4) is 0 Å². The highest BCUT2D eigenvalue weighted by atomic mass is 16.2. The lowest BCUT2D eigenvalue weighted by Gasteiger charge is -2.35. The summed E-state index contributed by atoms with van der Waals surface area (Å²) in [5, 5.41) is 6.15. The van der Waals surface area contributed by atoms with Gasteiger partial charge in [-0.05, 0) is 31.5 Å². The van der Waals surface area contributed by atoms with Crippen LogP contribution < -0.4 is 10.6 Å². The predicted octanol–water partition coefficient (Wildman–Crippen LogP) is 0.521. The zero-order valence-corrected chi connectivity index (χ0v) is 13.3. The molecule has 0 aromatic heterocycles. The number of hydrogen-bond donors (Lipinski definition) is 2. The Morgan fingerprint density at radius 1 is 1.13 bits per heavy atom. The molecule has 0 spiro atoms. The Labute approximate surface area is 136 Å². The molecule has 0 bridgehead atoms. The van der Waals surface area contributed by atoms with Gasteiger partial charge in [0.2, 0.25) is 11.8 Å². The molecule has 1 atom stereocenters. The summed E-state index contributed by atoms with van der Waals surface area (Å²) in [5.74, 6) is 0.212. The van der Waals surface area contributed by atoms with E-state index >= 15 is 0 Å². The lowest BCUT2D eigenvalue weighted by atomic mass is 10.2. The first-order valence-electron chi connectivity index (χ1n) is 8.32. The summed E-state index contributed by atoms with van der Waals surface area (Å²) < 4.78 is 0. The van der Waals surface area contributed by atoms with Gasteiger partial charge < -0.3 is 15.5 Å². The number of carbonyl (C=O) groups is 2. The fourth-order valence-electron chi connectivity index (χ4n) is 3.17. The lowest BCUT2D eigenvalue weighted by molar-refractivity contribution is -0.135. The average Bonchev–Trinajstić information content (AvgIpc) is 3.10. The van der Waals surface area contributed by atoms with Crippen molar-refractivity contribution in [2.24, 2.45) is 0 Å². The average molecular weight is 316 g/mol. The van der Waals surface area contributed by atoms with Crippen molar-refractivity contribution in [3.05, 3.63) is 30.3 Å². The first kappa shape index (κ1) is 16.0. The molecular formula is C17H24N4O2. The number of amides is 2. The molecule has 2 amide bonds. The highest BCUT2D eigenvalue weighted by Crippen LogP contribution is 2.11. The van der Waals surface area contributed by atoms with E-state index in [2.05, 4.69) is 15.5 Å². The van der Waals surface area contributed by atoms with Crippen LogP contribution in [0.5, 0.6) is 0 Å². The van der Waals surface area contributed by atoms with Crippen LogP contribution in [-0.4, -0.2) is 66.9 Å². The molecule has 2 aliphatic rings. The number of nitrogens with one attached hydrogen (secondary N) is 2. The van der Waals surface area contributed by atoms with Crippen LogP contribution in [0.15, 0.2) is 30.3 Å². The second kappa shape index (κ2) is 7.57. The molecule has 0 radical (unpaired) electrons. The van der Waals surface area contributed by atoms with E-state index in [-0.39, 0.29) is 17.9 Å². The fraction of sp³-hybridized carbons (Fsp3) is 0.529. The van der Waals surface area contributed by atoms with Crippen molar-refractivity contribution in [2.45, 2.75) is 18.9 Å². The van der Waals surface area contributed by atoms with E-state index in [1.807, 2.05) is 35.2 Å². The van der Waals surface area contributed by atoms with E-state index < -0.39 is 0 Å². The van der Waals surface area contributed by atoms with E-state index in [0.717, 1.165) is 38.2 Å². The standard InChI is InChI=1S/C17H24N4O2/c22-16(19-14-5-2-1-3-6-14)13-20-9-11-21(12-10-20)17(23)15-7-4-8-18-15/h1-3,5-6,15,18H,4,7-13H2,(H,19,22). The molecule has 1 aromatic rings. The van der Waals surface area contributed by atoms with Gasteiger partial charge in [-0.2, -0.15) is 0 Å². The van der Waals surface area contributed by atoms with Gasteiger partial charge in [-0.3, -0.25) is 14.5 Å². The van der Waals surface area contributed by atoms with Crippen LogP contribution in [0.1, 0.15) is 12.8 Å². The quantitative estimate of drug-likeness (QED) is 0.850. The summed E-state index contributed by atoms with van der Waals surface area (Å²) in [6.07, 6.45) is 2.02. The molecule has 1 aromatic carbocycles. The monoisotopic (exact) mass is 316 g/mol. The Morgan fingerprint density at radius 3 is 2.52 bits per heavy atom. The van der Waals surface area contributed by atoms with Gasteiger partial charge in [-0.1, -0.05) is 18.2 Å². The summed E-state index contributed by atoms with van der Waals surface area (Å²) in [5.41, 5.74) is 0.818. The number of benzene rings is 1. The smallest absolute Gasteiger partial charge is 0.239 e. The first-order chi connectivity index (χ1) is 11.2. The summed E-state index contributed by atoms with van der Waals surface area (Å²) in [6, 6.07) is 9.48. The number of anilines is 1. The van der Waals surface area contributed by atoms with Crippen molar-refractivity contribution in [3.63, 3.8) is 0 Å². The summed E-state index contributed by atoms with van der Waals surface area (Å²) in [6.45, 7) is 4.22. The SMILES string of the molecule is O=C(CN1CCN(C(=O)C2CCCN2)CC1)Nc1ccccc1. The maximum atomic E-state index is 12.3. The van der Waals surface area contributed by atoms with E-state index in [4.69, 9.17) is 0 Å². The molecule has 0 aliphatic carbocycles. The summed E-state index contributed by atoms with van der Waals surface area (Å²) in [7, 11) is 0. The largest absolute Gasteiger partial charge is 0.339 e. The topological polar surface area (TPSA) is 64.7 Å². The Bertz CT molecular complexity index is 535. The third-order valence-corrected chi connectivity index (χ3v) is 4.47. The Hall–Kier alpha value is -1.92. The molecular weight excluding hydrogens is 292 g/mol. The number of carbonyl (C=O) groups excluding carboxylic acids is 2. The zero-order valence-electron chi connectivity index (χ0n) is 13.3. The van der Waals surface area contributed by atoms with Gasteiger partial charge in [0.05, 0.1) is 12.6 Å². The highest BCUT2D eigenvalue weighted by molar-refractivity contribution is 5.92. The van der Waals surface area contributed by atoms with Crippen LogP contribution in [0.25, 0.3) is 0 Å². The van der Waals surface area contributed by atoms with Crippen LogP contribution in [0, 0.1) is 0 Å². The van der Waals surface area contributed by atoms with Crippen LogP contribution in [0.4, 0.5) is 5.69 Å². The van der Waals surface area contributed by atoms with Gasteiger partial charge >= 0.3 is 0 Å². The van der Waals surface area contributed by atoms with E-state index in [1.54, 1.807) is 0 Å². The number of rotatable bonds is 4. The van der Waals surface area contributed by atoms with E-state index in [0.29, 0.717) is 19.6 Å². The van der Waals surface area contributed by atoms with Crippen molar-refractivity contribution >= 4 is 17.5 Å². The minimum atomic E-state index is -0.00608. The van der Waals surface area contributed by atoms with Crippen molar-refractivity contribution in [2.75, 3.05) is 44.6 Å². The van der Waals surface area contributed by atoms with Gasteiger partial charge in [0.1, 0.15) is 0 Å². The fourth-order valence-corrected chi connectivity index (χ4v) is 3.17. The summed E-state index contributed by atoms with van der Waals surface area (Å²) >= 11 is 0. The first-order valence-corrected chi connectivity index (χ1v) is 8.32. The Balaban J connectivity index is 1.42. The van der Waals surface area contributed by atoms with Crippen LogP contribution >= 0.6 is 0 Å². The van der Waals surface area contributed by atoms with Gasteiger partial charge in [0.15, 0.2) is 0 Å². The number of para-hydroxylation sites is 1. The van der Waals surface area contributed by atoms with Gasteiger partial charge in [-0.25, -0.2) is 0 Å². The lowest BCUT2D eigenvalue weighted by Crippen LogP contribution is -2.54. The molecule has 2 aliphatic heterocycles. The molecule has 6 heteroatoms. The molecule has 2 N–H and O–H groups in total. The molecule has 23 heavy (non-hydrogen) atoms. The van der Waals surface area contributed by atoms with Crippen molar-refractivity contribution in [1.29, 1.82) is 0 Å². The van der Waals surface area contributed by atoms with Crippen molar-refractivity contribution in [1.82, 2.24) is 15.1 Å². The zero-order chi connectivity index (χ0) is 16.1. The molecule has 1 unspecified atom stereocenters. The molecule has 0 saturated carbocycles. The third-order valence-electron chi connectivity index (χ3n) is 4.47. The van der Waals surface area contributed by atoms with Gasteiger partial charge in [0.25, 0.3) is 0 Å². The minimum Gasteiger partial charge on any atom is -0.339 e. The molecule has 2 heterocycles. The normalized spacial score (nSPS) is 22.1. The predicted molar refractivity (Wildman–Crippen MR) is 89.1 cm³/mol.